The third-order valence-electron chi connectivity index (χ3n) is 3.84. The highest BCUT2D eigenvalue weighted by molar-refractivity contribution is 5.86. The first-order valence-electron chi connectivity index (χ1n) is 8.30. The lowest BCUT2D eigenvalue weighted by atomic mass is 9.72. The molecule has 1 amide bonds. The van der Waals surface area contributed by atoms with E-state index >= 15 is 0 Å². The third kappa shape index (κ3) is 5.41. The van der Waals surface area contributed by atoms with Crippen molar-refractivity contribution in [1.29, 1.82) is 0 Å². The van der Waals surface area contributed by atoms with Crippen LogP contribution in [0.15, 0.2) is 54.6 Å². The fourth-order valence-corrected chi connectivity index (χ4v) is 3.17. The van der Waals surface area contributed by atoms with Crippen molar-refractivity contribution in [3.8, 4) is 5.75 Å². The van der Waals surface area contributed by atoms with E-state index in [0.717, 1.165) is 6.42 Å². The number of ether oxygens (including phenoxy) is 1. The zero-order chi connectivity index (χ0) is 17.8. The van der Waals surface area contributed by atoms with Crippen LogP contribution in [0.2, 0.25) is 0 Å². The predicted molar refractivity (Wildman–Crippen MR) is 99.6 cm³/mol. The van der Waals surface area contributed by atoms with Gasteiger partial charge in [-0.1, -0.05) is 65.0 Å². The van der Waals surface area contributed by atoms with E-state index in [1.165, 1.54) is 5.56 Å². The molecule has 2 rings (SSSR count). The number of amides is 1. The fraction of sp³-hybridized carbons (Fsp3) is 0.381. The molecule has 0 saturated carbocycles. The maximum absolute atomic E-state index is 11.9. The van der Waals surface area contributed by atoms with Crippen LogP contribution in [0.4, 0.5) is 10.5 Å². The van der Waals surface area contributed by atoms with Gasteiger partial charge in [-0.3, -0.25) is 5.32 Å². The van der Waals surface area contributed by atoms with Gasteiger partial charge in [-0.25, -0.2) is 4.79 Å². The molecule has 0 atom stereocenters. The van der Waals surface area contributed by atoms with Gasteiger partial charge in [-0.2, -0.15) is 0 Å². The molecule has 3 nitrogen and oxygen atoms in total. The average molecular weight is 325 g/mol. The molecule has 0 aliphatic rings. The number of rotatable bonds is 4. The number of hydrogen-bond donors (Lipinski definition) is 1. The summed E-state index contributed by atoms with van der Waals surface area (Å²) in [6.45, 7) is 11.2. The van der Waals surface area contributed by atoms with Gasteiger partial charge in [0, 0.05) is 5.69 Å². The molecule has 0 spiro atoms. The number of nitrogens with one attached hydrogen (secondary N) is 1. The van der Waals surface area contributed by atoms with Crippen molar-refractivity contribution in [2.75, 3.05) is 5.32 Å². The Kier molecular flexibility index (Phi) is 5.33. The molecule has 0 heterocycles. The van der Waals surface area contributed by atoms with Gasteiger partial charge in [0.2, 0.25) is 0 Å². The minimum atomic E-state index is -0.483. The fourth-order valence-electron chi connectivity index (χ4n) is 3.17. The van der Waals surface area contributed by atoms with Crippen molar-refractivity contribution >= 4 is 11.8 Å². The number of para-hydroxylation sites is 1. The standard InChI is InChI=1S/C21H27NO2/c1-20(2,3)15-21(4,5)16-11-13-18(14-12-16)24-19(23)22-17-9-7-6-8-10-17/h6-14H,15H2,1-5H3,(H,22,23). The Hall–Kier alpha value is -2.29. The van der Waals surface area contributed by atoms with Crippen LogP contribution < -0.4 is 10.1 Å². The number of carbonyl (C=O) groups is 1. The van der Waals surface area contributed by atoms with Crippen molar-refractivity contribution in [2.24, 2.45) is 5.41 Å². The van der Waals surface area contributed by atoms with Crippen LogP contribution in [0, 0.1) is 5.41 Å². The van der Waals surface area contributed by atoms with Gasteiger partial charge in [0.1, 0.15) is 5.75 Å². The SMILES string of the molecule is CC(C)(C)CC(C)(C)c1ccc(OC(=O)Nc2ccccc2)cc1. The first kappa shape index (κ1) is 18.1. The summed E-state index contributed by atoms with van der Waals surface area (Å²) < 4.78 is 5.34. The summed E-state index contributed by atoms with van der Waals surface area (Å²) in [5, 5.41) is 2.71. The molecule has 2 aromatic carbocycles. The van der Waals surface area contributed by atoms with Crippen molar-refractivity contribution in [3.05, 3.63) is 60.2 Å². The summed E-state index contributed by atoms with van der Waals surface area (Å²) >= 11 is 0. The van der Waals surface area contributed by atoms with Crippen LogP contribution in [0.25, 0.3) is 0 Å². The lowest BCUT2D eigenvalue weighted by Gasteiger charge is -2.33. The molecule has 0 saturated heterocycles. The Labute approximate surface area is 145 Å². The smallest absolute Gasteiger partial charge is 0.410 e. The monoisotopic (exact) mass is 325 g/mol. The molecule has 0 fully saturated rings. The molecule has 2 aromatic rings. The summed E-state index contributed by atoms with van der Waals surface area (Å²) in [7, 11) is 0. The van der Waals surface area contributed by atoms with Crippen molar-refractivity contribution < 1.29 is 9.53 Å². The second-order valence-corrected chi connectivity index (χ2v) is 8.03. The summed E-state index contributed by atoms with van der Waals surface area (Å²) in [4.78, 5) is 11.9. The van der Waals surface area contributed by atoms with E-state index in [-0.39, 0.29) is 10.8 Å². The number of hydrogen-bond acceptors (Lipinski definition) is 2. The second kappa shape index (κ2) is 7.08. The van der Waals surface area contributed by atoms with Gasteiger partial charge < -0.3 is 4.74 Å². The molecule has 0 aromatic heterocycles. The molecule has 0 bridgehead atoms. The van der Waals surface area contributed by atoms with Crippen LogP contribution in [-0.2, 0) is 5.41 Å². The van der Waals surface area contributed by atoms with Crippen LogP contribution in [0.1, 0.15) is 46.6 Å². The van der Waals surface area contributed by atoms with Gasteiger partial charge in [-0.15, -0.1) is 0 Å². The Morgan fingerprint density at radius 2 is 1.50 bits per heavy atom. The van der Waals surface area contributed by atoms with Gasteiger partial charge in [0.05, 0.1) is 0 Å². The lowest BCUT2D eigenvalue weighted by Crippen LogP contribution is -2.24. The maximum Gasteiger partial charge on any atom is 0.417 e. The van der Waals surface area contributed by atoms with Crippen LogP contribution in [0.5, 0.6) is 5.75 Å². The normalized spacial score (nSPS) is 11.9. The molecule has 0 unspecified atom stereocenters. The predicted octanol–water partition coefficient (Wildman–Crippen LogP) is 6.01. The highest BCUT2D eigenvalue weighted by atomic mass is 16.6. The van der Waals surface area contributed by atoms with E-state index in [1.807, 2.05) is 54.6 Å². The molecule has 0 radical (unpaired) electrons. The molecular formula is C21H27NO2. The summed E-state index contributed by atoms with van der Waals surface area (Å²) in [5.74, 6) is 0.540. The summed E-state index contributed by atoms with van der Waals surface area (Å²) in [6.07, 6.45) is 0.595. The topological polar surface area (TPSA) is 38.3 Å². The van der Waals surface area contributed by atoms with Gasteiger partial charge in [-0.05, 0) is 47.1 Å². The van der Waals surface area contributed by atoms with Crippen LogP contribution in [-0.4, -0.2) is 6.09 Å². The molecule has 0 aliphatic heterocycles. The van der Waals surface area contributed by atoms with E-state index in [9.17, 15) is 4.79 Å². The van der Waals surface area contributed by atoms with E-state index in [2.05, 4.69) is 39.9 Å². The van der Waals surface area contributed by atoms with Crippen molar-refractivity contribution in [2.45, 2.75) is 46.5 Å². The van der Waals surface area contributed by atoms with Crippen molar-refractivity contribution in [1.82, 2.24) is 0 Å². The molecule has 128 valence electrons. The number of anilines is 1. The molecule has 1 N–H and O–H groups in total. The zero-order valence-corrected chi connectivity index (χ0v) is 15.2. The average Bonchev–Trinajstić information content (AvgIpc) is 2.46. The molecule has 3 heteroatoms. The highest BCUT2D eigenvalue weighted by Gasteiger charge is 2.27. The minimum Gasteiger partial charge on any atom is -0.410 e. The minimum absolute atomic E-state index is 0.0725. The van der Waals surface area contributed by atoms with Crippen molar-refractivity contribution in [3.63, 3.8) is 0 Å². The van der Waals surface area contributed by atoms with E-state index in [4.69, 9.17) is 4.74 Å². The Morgan fingerprint density at radius 1 is 0.917 bits per heavy atom. The van der Waals surface area contributed by atoms with E-state index < -0.39 is 6.09 Å². The Bertz CT molecular complexity index is 667. The first-order chi connectivity index (χ1) is 11.2. The largest absolute Gasteiger partial charge is 0.417 e. The summed E-state index contributed by atoms with van der Waals surface area (Å²) in [5.41, 5.74) is 2.29. The highest BCUT2D eigenvalue weighted by Crippen LogP contribution is 2.36. The number of benzene rings is 2. The van der Waals surface area contributed by atoms with Crippen LogP contribution >= 0.6 is 0 Å². The van der Waals surface area contributed by atoms with Crippen LogP contribution in [0.3, 0.4) is 0 Å². The number of carbonyl (C=O) groups excluding carboxylic acids is 1. The lowest BCUT2D eigenvalue weighted by molar-refractivity contribution is 0.215. The second-order valence-electron chi connectivity index (χ2n) is 8.03. The molecule has 24 heavy (non-hydrogen) atoms. The van der Waals surface area contributed by atoms with E-state index in [1.54, 1.807) is 0 Å². The summed E-state index contributed by atoms with van der Waals surface area (Å²) in [6, 6.07) is 17.0. The maximum atomic E-state index is 11.9. The van der Waals surface area contributed by atoms with Gasteiger partial charge in [0.25, 0.3) is 0 Å². The van der Waals surface area contributed by atoms with Gasteiger partial charge >= 0.3 is 6.09 Å². The van der Waals surface area contributed by atoms with Gasteiger partial charge in [0.15, 0.2) is 0 Å². The third-order valence-corrected chi connectivity index (χ3v) is 3.84. The molecular weight excluding hydrogens is 298 g/mol. The first-order valence-corrected chi connectivity index (χ1v) is 8.30. The quantitative estimate of drug-likeness (QED) is 0.747. The van der Waals surface area contributed by atoms with E-state index in [0.29, 0.717) is 11.4 Å². The Morgan fingerprint density at radius 3 is 2.04 bits per heavy atom. The zero-order valence-electron chi connectivity index (χ0n) is 15.2. The Balaban J connectivity index is 2.00. The molecule has 0 aliphatic carbocycles.